The van der Waals surface area contributed by atoms with E-state index in [1.54, 1.807) is 0 Å². The number of carbonyl (C=O) groups is 1. The van der Waals surface area contributed by atoms with Gasteiger partial charge in [0, 0.05) is 6.54 Å². The lowest BCUT2D eigenvalue weighted by atomic mass is 9.92. The molecule has 116 valence electrons. The van der Waals surface area contributed by atoms with Gasteiger partial charge in [0.25, 0.3) is 0 Å². The minimum atomic E-state index is -1.68. The van der Waals surface area contributed by atoms with Crippen LogP contribution in [0.15, 0.2) is 0 Å². The molecule has 9 nitrogen and oxygen atoms in total. The Kier molecular flexibility index (Phi) is 9.88. The second-order valence-electron chi connectivity index (χ2n) is 4.37. The maximum Gasteiger partial charge on any atom is 0.320 e. The first-order chi connectivity index (χ1) is 8.51. The molecule has 19 heavy (non-hydrogen) atoms. The Hall–Kier alpha value is -0.810. The molecule has 0 fully saturated rings. The molecule has 0 aromatic carbocycles. The van der Waals surface area contributed by atoms with Gasteiger partial charge in [0.2, 0.25) is 0 Å². The Balaban J connectivity index is 0. The Morgan fingerprint density at radius 3 is 1.89 bits per heavy atom. The summed E-state index contributed by atoms with van der Waals surface area (Å²) in [6.07, 6.45) is -4.71. The van der Waals surface area contributed by atoms with E-state index in [1.807, 2.05) is 0 Å². The van der Waals surface area contributed by atoms with E-state index in [9.17, 15) is 20.1 Å². The SMILES string of the molecule is CC(N)C(=O)O.CC(O)(CN)C(O)C(O)C(O)CO. The number of aliphatic hydroxyl groups is 5. The highest BCUT2D eigenvalue weighted by molar-refractivity contribution is 5.72. The molecule has 0 radical (unpaired) electrons. The highest BCUT2D eigenvalue weighted by Gasteiger charge is 2.37. The molecule has 0 aliphatic carbocycles. The summed E-state index contributed by atoms with van der Waals surface area (Å²) >= 11 is 0. The second-order valence-corrected chi connectivity index (χ2v) is 4.37. The first kappa shape index (κ1) is 20.5. The van der Waals surface area contributed by atoms with E-state index in [2.05, 4.69) is 0 Å². The Labute approximate surface area is 111 Å². The zero-order valence-corrected chi connectivity index (χ0v) is 11.0. The highest BCUT2D eigenvalue weighted by Crippen LogP contribution is 2.13. The Morgan fingerprint density at radius 1 is 1.32 bits per heavy atom. The van der Waals surface area contributed by atoms with Gasteiger partial charge in [0.15, 0.2) is 0 Å². The van der Waals surface area contributed by atoms with Gasteiger partial charge in [0.1, 0.15) is 30.0 Å². The van der Waals surface area contributed by atoms with Crippen LogP contribution in [0.5, 0.6) is 0 Å². The lowest BCUT2D eigenvalue weighted by molar-refractivity contribution is -0.147. The number of nitrogens with two attached hydrogens (primary N) is 2. The highest BCUT2D eigenvalue weighted by atomic mass is 16.4. The third kappa shape index (κ3) is 8.06. The summed E-state index contributed by atoms with van der Waals surface area (Å²) in [4.78, 5) is 9.57. The molecule has 10 N–H and O–H groups in total. The lowest BCUT2D eigenvalue weighted by Crippen LogP contribution is -2.55. The standard InChI is InChI=1S/C7H17NO5.C3H7NO2/c1-7(13,3-8)6(12)5(11)4(10)2-9;1-2(4)3(5)6/h4-6,9-13H,2-3,8H2,1H3;2H,4H2,1H3,(H,5,6). The zero-order chi connectivity index (χ0) is 15.8. The van der Waals surface area contributed by atoms with Crippen LogP contribution in [0.2, 0.25) is 0 Å². The minimum Gasteiger partial charge on any atom is -0.480 e. The first-order valence-electron chi connectivity index (χ1n) is 5.57. The molecule has 0 aromatic heterocycles. The Morgan fingerprint density at radius 2 is 1.68 bits per heavy atom. The van der Waals surface area contributed by atoms with Gasteiger partial charge in [-0.05, 0) is 13.8 Å². The molecule has 0 amide bonds. The number of carboxylic acids is 1. The maximum atomic E-state index is 9.57. The summed E-state index contributed by atoms with van der Waals surface area (Å²) in [5, 5.41) is 53.1. The molecule has 0 aliphatic rings. The zero-order valence-electron chi connectivity index (χ0n) is 11.0. The predicted molar refractivity (Wildman–Crippen MR) is 66.1 cm³/mol. The summed E-state index contributed by atoms with van der Waals surface area (Å²) < 4.78 is 0. The average molecular weight is 284 g/mol. The summed E-state index contributed by atoms with van der Waals surface area (Å²) in [6, 6.07) is -0.731. The molecular formula is C10H24N2O7. The van der Waals surface area contributed by atoms with Crippen molar-refractivity contribution in [2.75, 3.05) is 13.2 Å². The topological polar surface area (TPSA) is 190 Å². The molecule has 9 heteroatoms. The monoisotopic (exact) mass is 284 g/mol. The van der Waals surface area contributed by atoms with Crippen molar-refractivity contribution < 1.29 is 35.4 Å². The van der Waals surface area contributed by atoms with Crippen molar-refractivity contribution >= 4 is 5.97 Å². The normalized spacial score (nSPS) is 20.3. The quantitative estimate of drug-likeness (QED) is 0.241. The number of hydrogen-bond acceptors (Lipinski definition) is 8. The third-order valence-electron chi connectivity index (χ3n) is 2.34. The molecule has 0 heterocycles. The van der Waals surface area contributed by atoms with Gasteiger partial charge in [-0.15, -0.1) is 0 Å². The maximum absolute atomic E-state index is 9.57. The van der Waals surface area contributed by atoms with Gasteiger partial charge in [-0.1, -0.05) is 0 Å². The van der Waals surface area contributed by atoms with Gasteiger partial charge in [-0.25, -0.2) is 0 Å². The molecule has 0 spiro atoms. The van der Waals surface area contributed by atoms with Gasteiger partial charge in [-0.2, -0.15) is 0 Å². The molecule has 0 saturated carbocycles. The Bertz CT molecular complexity index is 260. The van der Waals surface area contributed by atoms with Gasteiger partial charge in [0.05, 0.1) is 6.61 Å². The number of aliphatic hydroxyl groups excluding tert-OH is 4. The fourth-order valence-corrected chi connectivity index (χ4v) is 0.807. The van der Waals surface area contributed by atoms with E-state index in [4.69, 9.17) is 26.8 Å². The van der Waals surface area contributed by atoms with Crippen LogP contribution in [0.25, 0.3) is 0 Å². The molecule has 0 rings (SSSR count). The van der Waals surface area contributed by atoms with E-state index >= 15 is 0 Å². The van der Waals surface area contributed by atoms with E-state index in [-0.39, 0.29) is 6.54 Å². The molecule has 5 unspecified atom stereocenters. The molecule has 0 aliphatic heterocycles. The molecular weight excluding hydrogens is 260 g/mol. The van der Waals surface area contributed by atoms with Crippen molar-refractivity contribution in [2.45, 2.75) is 43.8 Å². The van der Waals surface area contributed by atoms with Crippen molar-refractivity contribution in [3.63, 3.8) is 0 Å². The first-order valence-corrected chi connectivity index (χ1v) is 5.57. The average Bonchev–Trinajstić information content (AvgIpc) is 2.36. The molecule has 5 atom stereocenters. The smallest absolute Gasteiger partial charge is 0.320 e. The molecule has 0 saturated heterocycles. The van der Waals surface area contributed by atoms with E-state index < -0.39 is 42.5 Å². The van der Waals surface area contributed by atoms with E-state index in [0.29, 0.717) is 0 Å². The van der Waals surface area contributed by atoms with E-state index in [1.165, 1.54) is 13.8 Å². The predicted octanol–water partition coefficient (Wildman–Crippen LogP) is -3.81. The van der Waals surface area contributed by atoms with Crippen LogP contribution in [0.1, 0.15) is 13.8 Å². The van der Waals surface area contributed by atoms with Gasteiger partial charge < -0.3 is 42.1 Å². The van der Waals surface area contributed by atoms with Crippen molar-refractivity contribution in [1.82, 2.24) is 0 Å². The van der Waals surface area contributed by atoms with Crippen LogP contribution in [0.3, 0.4) is 0 Å². The van der Waals surface area contributed by atoms with Gasteiger partial charge in [-0.3, -0.25) is 4.79 Å². The largest absolute Gasteiger partial charge is 0.480 e. The minimum absolute atomic E-state index is 0.261. The van der Waals surface area contributed by atoms with Gasteiger partial charge >= 0.3 is 5.97 Å². The third-order valence-corrected chi connectivity index (χ3v) is 2.34. The van der Waals surface area contributed by atoms with Crippen LogP contribution in [-0.4, -0.2) is 79.7 Å². The number of rotatable bonds is 6. The summed E-state index contributed by atoms with van der Waals surface area (Å²) in [7, 11) is 0. The van der Waals surface area contributed by atoms with Crippen LogP contribution < -0.4 is 11.5 Å². The van der Waals surface area contributed by atoms with Crippen molar-refractivity contribution in [1.29, 1.82) is 0 Å². The van der Waals surface area contributed by atoms with Crippen LogP contribution in [0, 0.1) is 0 Å². The van der Waals surface area contributed by atoms with Crippen LogP contribution in [0.4, 0.5) is 0 Å². The van der Waals surface area contributed by atoms with E-state index in [0.717, 1.165) is 0 Å². The summed E-state index contributed by atoms with van der Waals surface area (Å²) in [5.74, 6) is -0.963. The summed E-state index contributed by atoms with van der Waals surface area (Å²) in [6.45, 7) is 1.69. The number of carboxylic acid groups (broad SMARTS) is 1. The van der Waals surface area contributed by atoms with Crippen molar-refractivity contribution in [3.05, 3.63) is 0 Å². The lowest BCUT2D eigenvalue weighted by Gasteiger charge is -2.32. The molecule has 0 bridgehead atoms. The van der Waals surface area contributed by atoms with Crippen molar-refractivity contribution in [2.24, 2.45) is 11.5 Å². The number of hydrogen-bond donors (Lipinski definition) is 8. The summed E-state index contributed by atoms with van der Waals surface area (Å²) in [5.41, 5.74) is 8.27. The van der Waals surface area contributed by atoms with Crippen LogP contribution in [-0.2, 0) is 4.79 Å². The fourth-order valence-electron chi connectivity index (χ4n) is 0.807. The fraction of sp³-hybridized carbons (Fsp3) is 0.900. The molecule has 0 aromatic rings. The van der Waals surface area contributed by atoms with Crippen LogP contribution >= 0.6 is 0 Å². The second kappa shape index (κ2) is 9.15. The number of aliphatic carboxylic acids is 1. The van der Waals surface area contributed by atoms with Crippen molar-refractivity contribution in [3.8, 4) is 0 Å².